The monoisotopic (exact) mass is 353 g/mol. The molecule has 0 saturated carbocycles. The van der Waals surface area contributed by atoms with E-state index in [0.29, 0.717) is 13.0 Å². The largest absolute Gasteiger partial charge is 0.466 e. The number of nitrogens with one attached hydrogen (secondary N) is 1. The first-order valence-electron chi connectivity index (χ1n) is 7.48. The maximum atomic E-state index is 11.9. The highest BCUT2D eigenvalue weighted by molar-refractivity contribution is 5.96. The van der Waals surface area contributed by atoms with Gasteiger partial charge in [-0.1, -0.05) is 0 Å². The molecule has 0 spiro atoms. The number of nitro benzene ring substituents is 1. The number of carbonyl (C=O) groups excluding carboxylic acids is 3. The maximum Gasteiger partial charge on any atom is 0.341 e. The fourth-order valence-corrected chi connectivity index (χ4v) is 1.79. The Morgan fingerprint density at radius 3 is 2.64 bits per heavy atom. The second kappa shape index (κ2) is 9.85. The van der Waals surface area contributed by atoms with E-state index in [-0.39, 0.29) is 35.9 Å². The van der Waals surface area contributed by atoms with E-state index in [9.17, 15) is 24.5 Å². The minimum Gasteiger partial charge on any atom is -0.466 e. The number of hydrogen-bond donors (Lipinski definition) is 2. The minimum atomic E-state index is -0.942. The molecule has 0 aliphatic carbocycles. The molecule has 0 aliphatic rings. The Hall–Kier alpha value is -3.17. The first kappa shape index (κ1) is 19.9. The number of nitrogens with zero attached hydrogens (tertiary/aromatic N) is 1. The van der Waals surface area contributed by atoms with Crippen molar-refractivity contribution >= 4 is 29.2 Å². The molecule has 0 unspecified atom stereocenters. The van der Waals surface area contributed by atoms with Gasteiger partial charge in [0, 0.05) is 30.8 Å². The van der Waals surface area contributed by atoms with E-state index < -0.39 is 23.4 Å². The number of amides is 1. The van der Waals surface area contributed by atoms with E-state index in [1.807, 2.05) is 0 Å². The molecule has 0 heterocycles. The molecule has 136 valence electrons. The number of rotatable bonds is 9. The van der Waals surface area contributed by atoms with Crippen molar-refractivity contribution in [2.45, 2.75) is 19.8 Å². The molecular weight excluding hydrogens is 334 g/mol. The number of non-ortho nitro benzene ring substituents is 1. The van der Waals surface area contributed by atoms with Crippen LogP contribution in [0, 0.1) is 10.1 Å². The topological polar surface area (TPSA) is 151 Å². The molecule has 3 N–H and O–H groups in total. The molecule has 1 rings (SSSR count). The first-order chi connectivity index (χ1) is 11.8. The Balaban J connectivity index is 2.41. The molecule has 10 heteroatoms. The molecule has 0 bridgehead atoms. The zero-order chi connectivity index (χ0) is 18.8. The van der Waals surface area contributed by atoms with E-state index in [1.165, 1.54) is 6.07 Å². The van der Waals surface area contributed by atoms with Gasteiger partial charge in [-0.2, -0.15) is 0 Å². The van der Waals surface area contributed by atoms with Crippen molar-refractivity contribution in [2.75, 3.05) is 25.5 Å². The summed E-state index contributed by atoms with van der Waals surface area (Å²) in [5, 5.41) is 13.2. The van der Waals surface area contributed by atoms with Gasteiger partial charge >= 0.3 is 11.9 Å². The van der Waals surface area contributed by atoms with Crippen LogP contribution in [-0.2, 0) is 19.1 Å². The van der Waals surface area contributed by atoms with Crippen molar-refractivity contribution in [2.24, 2.45) is 0 Å². The lowest BCUT2D eigenvalue weighted by Crippen LogP contribution is -2.30. The molecule has 0 aliphatic heterocycles. The van der Waals surface area contributed by atoms with Crippen molar-refractivity contribution in [3.63, 3.8) is 0 Å². The number of benzene rings is 1. The average molecular weight is 353 g/mol. The third-order valence-electron chi connectivity index (χ3n) is 2.99. The molecule has 0 fully saturated rings. The van der Waals surface area contributed by atoms with Gasteiger partial charge in [0.2, 0.25) is 0 Å². The van der Waals surface area contributed by atoms with Crippen molar-refractivity contribution in [3.8, 4) is 0 Å². The van der Waals surface area contributed by atoms with Gasteiger partial charge < -0.3 is 20.5 Å². The highest BCUT2D eigenvalue weighted by Crippen LogP contribution is 2.20. The molecule has 1 aromatic rings. The van der Waals surface area contributed by atoms with Crippen LogP contribution < -0.4 is 11.1 Å². The number of esters is 2. The van der Waals surface area contributed by atoms with Crippen LogP contribution in [0.3, 0.4) is 0 Å². The van der Waals surface area contributed by atoms with Crippen molar-refractivity contribution in [1.82, 2.24) is 5.32 Å². The van der Waals surface area contributed by atoms with Gasteiger partial charge in [0.25, 0.3) is 11.6 Å². The molecule has 0 aromatic heterocycles. The maximum absolute atomic E-state index is 11.9. The molecule has 25 heavy (non-hydrogen) atoms. The standard InChI is InChI=1S/C15H19N3O7/c1-2-24-14(20)4-3-7-17-13(19)9-25-15(21)11-8-10(18(22)23)5-6-12(11)16/h5-6,8H,2-4,7,9,16H2,1H3,(H,17,19). The van der Waals surface area contributed by atoms with Crippen molar-refractivity contribution in [3.05, 3.63) is 33.9 Å². The van der Waals surface area contributed by atoms with Gasteiger partial charge in [0.05, 0.1) is 17.1 Å². The van der Waals surface area contributed by atoms with Crippen LogP contribution in [-0.4, -0.2) is 42.5 Å². The van der Waals surface area contributed by atoms with Crippen molar-refractivity contribution < 1.29 is 28.8 Å². The van der Waals surface area contributed by atoms with E-state index >= 15 is 0 Å². The summed E-state index contributed by atoms with van der Waals surface area (Å²) in [5.41, 5.74) is 5.08. The van der Waals surface area contributed by atoms with Gasteiger partial charge in [0.1, 0.15) is 0 Å². The predicted octanol–water partition coefficient (Wildman–Crippen LogP) is 0.793. The van der Waals surface area contributed by atoms with E-state index in [0.717, 1.165) is 12.1 Å². The summed E-state index contributed by atoms with van der Waals surface area (Å²) in [5.74, 6) is -1.87. The highest BCUT2D eigenvalue weighted by atomic mass is 16.6. The van der Waals surface area contributed by atoms with Gasteiger partial charge in [-0.25, -0.2) is 4.79 Å². The second-order valence-electron chi connectivity index (χ2n) is 4.86. The number of nitro groups is 1. The lowest BCUT2D eigenvalue weighted by atomic mass is 10.1. The van der Waals surface area contributed by atoms with Gasteiger partial charge in [-0.05, 0) is 19.4 Å². The molecular formula is C15H19N3O7. The Labute approximate surface area is 143 Å². The van der Waals surface area contributed by atoms with Crippen LogP contribution >= 0.6 is 0 Å². The summed E-state index contributed by atoms with van der Waals surface area (Å²) < 4.78 is 9.51. The quantitative estimate of drug-likeness (QED) is 0.217. The normalized spacial score (nSPS) is 9.96. The SMILES string of the molecule is CCOC(=O)CCCNC(=O)COC(=O)c1cc([N+](=O)[O-])ccc1N. The number of ether oxygens (including phenoxy) is 2. The Kier molecular flexibility index (Phi) is 7.83. The summed E-state index contributed by atoms with van der Waals surface area (Å²) in [7, 11) is 0. The average Bonchev–Trinajstić information content (AvgIpc) is 2.57. The lowest BCUT2D eigenvalue weighted by Gasteiger charge is -2.08. The number of nitrogen functional groups attached to an aromatic ring is 1. The third-order valence-corrected chi connectivity index (χ3v) is 2.99. The summed E-state index contributed by atoms with van der Waals surface area (Å²) in [4.78, 5) is 44.6. The second-order valence-corrected chi connectivity index (χ2v) is 4.86. The molecule has 1 aromatic carbocycles. The molecule has 0 atom stereocenters. The highest BCUT2D eigenvalue weighted by Gasteiger charge is 2.17. The third kappa shape index (κ3) is 6.85. The fraction of sp³-hybridized carbons (Fsp3) is 0.400. The summed E-state index contributed by atoms with van der Waals surface area (Å²) in [6.45, 7) is 1.64. The molecule has 0 saturated heterocycles. The van der Waals surface area contributed by atoms with Crippen LogP contribution in [0.15, 0.2) is 18.2 Å². The van der Waals surface area contributed by atoms with E-state index in [1.54, 1.807) is 6.92 Å². The van der Waals surface area contributed by atoms with Gasteiger partial charge in [-0.3, -0.25) is 19.7 Å². The van der Waals surface area contributed by atoms with Crippen LogP contribution in [0.1, 0.15) is 30.1 Å². The molecule has 10 nitrogen and oxygen atoms in total. The minimum absolute atomic E-state index is 0.00504. The Morgan fingerprint density at radius 2 is 2.00 bits per heavy atom. The van der Waals surface area contributed by atoms with Crippen LogP contribution in [0.25, 0.3) is 0 Å². The zero-order valence-electron chi connectivity index (χ0n) is 13.6. The number of hydrogen-bond acceptors (Lipinski definition) is 8. The van der Waals surface area contributed by atoms with Crippen molar-refractivity contribution in [1.29, 1.82) is 0 Å². The number of anilines is 1. The lowest BCUT2D eigenvalue weighted by molar-refractivity contribution is -0.384. The molecule has 1 amide bonds. The summed E-state index contributed by atoms with van der Waals surface area (Å²) in [6.07, 6.45) is 0.550. The van der Waals surface area contributed by atoms with Gasteiger partial charge in [-0.15, -0.1) is 0 Å². The van der Waals surface area contributed by atoms with Crippen LogP contribution in [0.4, 0.5) is 11.4 Å². The smallest absolute Gasteiger partial charge is 0.341 e. The zero-order valence-corrected chi connectivity index (χ0v) is 13.6. The Morgan fingerprint density at radius 1 is 1.28 bits per heavy atom. The van der Waals surface area contributed by atoms with Crippen LogP contribution in [0.5, 0.6) is 0 Å². The summed E-state index contributed by atoms with van der Waals surface area (Å²) >= 11 is 0. The fourth-order valence-electron chi connectivity index (χ4n) is 1.79. The molecule has 0 radical (unpaired) electrons. The number of nitrogens with two attached hydrogens (primary N) is 1. The van der Waals surface area contributed by atoms with E-state index in [2.05, 4.69) is 5.32 Å². The number of carbonyl (C=O) groups is 3. The predicted molar refractivity (Wildman–Crippen MR) is 86.7 cm³/mol. The first-order valence-corrected chi connectivity index (χ1v) is 7.48. The Bertz CT molecular complexity index is 661. The van der Waals surface area contributed by atoms with Gasteiger partial charge in [0.15, 0.2) is 6.61 Å². The van der Waals surface area contributed by atoms with E-state index in [4.69, 9.17) is 15.2 Å². The summed E-state index contributed by atoms with van der Waals surface area (Å²) in [6, 6.07) is 3.35. The van der Waals surface area contributed by atoms with Crippen LogP contribution in [0.2, 0.25) is 0 Å².